The van der Waals surface area contributed by atoms with E-state index in [0.717, 1.165) is 57.0 Å². The van der Waals surface area contributed by atoms with Crippen LogP contribution in [0.2, 0.25) is 0 Å². The van der Waals surface area contributed by atoms with E-state index >= 15 is 0 Å². The summed E-state index contributed by atoms with van der Waals surface area (Å²) in [7, 11) is 0. The lowest BCUT2D eigenvalue weighted by Gasteiger charge is -2.31. The molecule has 0 spiro atoms. The van der Waals surface area contributed by atoms with E-state index in [1.54, 1.807) is 12.3 Å². The number of hydrogen-bond acceptors (Lipinski definition) is 4. The molecule has 8 nitrogen and oxygen atoms in total. The van der Waals surface area contributed by atoms with Crippen LogP contribution in [0.3, 0.4) is 0 Å². The molecule has 5 rings (SSSR count). The molecule has 1 atom stereocenters. The predicted octanol–water partition coefficient (Wildman–Crippen LogP) is 2.27. The molecular formula is C20H26N6O2. The summed E-state index contributed by atoms with van der Waals surface area (Å²) < 4.78 is 0. The Balaban J connectivity index is 1.26. The number of carbonyl (C=O) groups is 2. The maximum atomic E-state index is 13.0. The molecule has 1 saturated carbocycles. The fourth-order valence-corrected chi connectivity index (χ4v) is 4.30. The Labute approximate surface area is 163 Å². The van der Waals surface area contributed by atoms with Crippen LogP contribution in [0.5, 0.6) is 0 Å². The number of carbonyl (C=O) groups excluding carboxylic acids is 2. The van der Waals surface area contributed by atoms with Gasteiger partial charge in [-0.2, -0.15) is 5.10 Å². The highest BCUT2D eigenvalue weighted by Crippen LogP contribution is 2.38. The fourth-order valence-electron chi connectivity index (χ4n) is 4.30. The van der Waals surface area contributed by atoms with Crippen LogP contribution in [-0.4, -0.2) is 68.0 Å². The molecular weight excluding hydrogens is 356 g/mol. The Morgan fingerprint density at radius 1 is 0.964 bits per heavy atom. The Bertz CT molecular complexity index is 877. The largest absolute Gasteiger partial charge is 0.356 e. The van der Waals surface area contributed by atoms with Gasteiger partial charge in [0.2, 0.25) is 0 Å². The van der Waals surface area contributed by atoms with Crippen LogP contribution in [-0.2, 0) is 0 Å². The van der Waals surface area contributed by atoms with Gasteiger partial charge in [-0.3, -0.25) is 14.7 Å². The van der Waals surface area contributed by atoms with Crippen molar-refractivity contribution in [3.8, 4) is 0 Å². The molecule has 3 aliphatic rings. The van der Waals surface area contributed by atoms with Crippen molar-refractivity contribution in [2.45, 2.75) is 50.4 Å². The smallest absolute Gasteiger partial charge is 0.270 e. The monoisotopic (exact) mass is 382 g/mol. The van der Waals surface area contributed by atoms with Gasteiger partial charge in [-0.15, -0.1) is 0 Å². The molecule has 2 N–H and O–H groups in total. The van der Waals surface area contributed by atoms with Gasteiger partial charge in [0.25, 0.3) is 11.8 Å². The first-order valence-electron chi connectivity index (χ1n) is 10.4. The summed E-state index contributed by atoms with van der Waals surface area (Å²) in [5.74, 6) is 2.51. The average molecular weight is 382 g/mol. The normalized spacial score (nSPS) is 22.6. The van der Waals surface area contributed by atoms with Crippen LogP contribution < -0.4 is 0 Å². The van der Waals surface area contributed by atoms with Gasteiger partial charge in [0.1, 0.15) is 11.5 Å². The van der Waals surface area contributed by atoms with Crippen molar-refractivity contribution in [3.63, 3.8) is 0 Å². The number of aromatic amines is 2. The highest BCUT2D eigenvalue weighted by Gasteiger charge is 2.32. The van der Waals surface area contributed by atoms with Gasteiger partial charge in [0.15, 0.2) is 5.82 Å². The van der Waals surface area contributed by atoms with Gasteiger partial charge >= 0.3 is 0 Å². The second-order valence-electron chi connectivity index (χ2n) is 8.24. The third kappa shape index (κ3) is 3.31. The molecule has 8 heteroatoms. The van der Waals surface area contributed by atoms with E-state index in [4.69, 9.17) is 0 Å². The van der Waals surface area contributed by atoms with Crippen molar-refractivity contribution >= 4 is 11.8 Å². The fraction of sp³-hybridized carbons (Fsp3) is 0.600. The molecule has 3 fully saturated rings. The molecule has 2 saturated heterocycles. The zero-order valence-corrected chi connectivity index (χ0v) is 16.0. The highest BCUT2D eigenvalue weighted by molar-refractivity contribution is 5.99. The first kappa shape index (κ1) is 17.5. The maximum Gasteiger partial charge on any atom is 0.270 e. The molecule has 2 aromatic rings. The number of amides is 2. The van der Waals surface area contributed by atoms with Gasteiger partial charge < -0.3 is 14.8 Å². The lowest BCUT2D eigenvalue weighted by atomic mass is 9.97. The van der Waals surface area contributed by atoms with Gasteiger partial charge in [0, 0.05) is 44.2 Å². The summed E-state index contributed by atoms with van der Waals surface area (Å²) in [5.41, 5.74) is 1.05. The Morgan fingerprint density at radius 3 is 2.54 bits per heavy atom. The maximum absolute atomic E-state index is 13.0. The van der Waals surface area contributed by atoms with Crippen molar-refractivity contribution in [3.05, 3.63) is 35.2 Å². The van der Waals surface area contributed by atoms with E-state index in [0.29, 0.717) is 23.7 Å². The average Bonchev–Trinajstić information content (AvgIpc) is 3.17. The SMILES string of the molecule is O=C(c1c[nH]c(C(=O)N2CCCC2)c1)N1CCCC(c2n[nH]c(C3CC3)n2)C1. The number of hydrogen-bond donors (Lipinski definition) is 2. The molecule has 0 bridgehead atoms. The van der Waals surface area contributed by atoms with E-state index in [9.17, 15) is 9.59 Å². The van der Waals surface area contributed by atoms with Gasteiger partial charge in [0.05, 0.1) is 5.56 Å². The van der Waals surface area contributed by atoms with Crippen molar-refractivity contribution in [1.29, 1.82) is 0 Å². The molecule has 1 aliphatic carbocycles. The summed E-state index contributed by atoms with van der Waals surface area (Å²) in [6.45, 7) is 2.96. The molecule has 1 unspecified atom stereocenters. The first-order valence-corrected chi connectivity index (χ1v) is 10.4. The molecule has 28 heavy (non-hydrogen) atoms. The number of rotatable bonds is 4. The number of likely N-dealkylation sites (tertiary alicyclic amines) is 2. The zero-order valence-electron chi connectivity index (χ0n) is 16.0. The third-order valence-electron chi connectivity index (χ3n) is 6.11. The summed E-state index contributed by atoms with van der Waals surface area (Å²) in [6.07, 6.45) is 8.08. The second kappa shape index (κ2) is 7.07. The Kier molecular flexibility index (Phi) is 4.41. The first-order chi connectivity index (χ1) is 13.7. The van der Waals surface area contributed by atoms with Crippen LogP contribution in [0.25, 0.3) is 0 Å². The summed E-state index contributed by atoms with van der Waals surface area (Å²) in [6, 6.07) is 1.70. The molecule has 148 valence electrons. The standard InChI is InChI=1S/C20H26N6O2/c27-19(15-10-16(21-11-15)20(28)25-7-1-2-8-25)26-9-3-4-14(12-26)18-22-17(23-24-18)13-5-6-13/h10-11,13-14,21H,1-9,12H2,(H,22,23,24). The zero-order chi connectivity index (χ0) is 19.1. The number of nitrogens with one attached hydrogen (secondary N) is 2. The van der Waals surface area contributed by atoms with Gasteiger partial charge in [-0.25, -0.2) is 4.98 Å². The number of nitrogens with zero attached hydrogens (tertiary/aromatic N) is 4. The lowest BCUT2D eigenvalue weighted by molar-refractivity contribution is 0.0704. The molecule has 2 amide bonds. The minimum Gasteiger partial charge on any atom is -0.356 e. The topological polar surface area (TPSA) is 98.0 Å². The minimum absolute atomic E-state index is 0.0126. The number of H-pyrrole nitrogens is 2. The Hall–Kier alpha value is -2.64. The van der Waals surface area contributed by atoms with E-state index in [1.165, 1.54) is 12.8 Å². The van der Waals surface area contributed by atoms with Crippen LogP contribution in [0.4, 0.5) is 0 Å². The molecule has 2 aliphatic heterocycles. The van der Waals surface area contributed by atoms with E-state index < -0.39 is 0 Å². The van der Waals surface area contributed by atoms with Crippen molar-refractivity contribution in [1.82, 2.24) is 30.0 Å². The van der Waals surface area contributed by atoms with Crippen molar-refractivity contribution in [2.75, 3.05) is 26.2 Å². The summed E-state index contributed by atoms with van der Waals surface area (Å²) in [4.78, 5) is 36.9. The van der Waals surface area contributed by atoms with Crippen molar-refractivity contribution in [2.24, 2.45) is 0 Å². The summed E-state index contributed by atoms with van der Waals surface area (Å²) >= 11 is 0. The van der Waals surface area contributed by atoms with E-state index in [1.807, 2.05) is 9.80 Å². The van der Waals surface area contributed by atoms with E-state index in [-0.39, 0.29) is 17.7 Å². The summed E-state index contributed by atoms with van der Waals surface area (Å²) in [5, 5.41) is 7.48. The quantitative estimate of drug-likeness (QED) is 0.847. The number of piperidine rings is 1. The highest BCUT2D eigenvalue weighted by atomic mass is 16.2. The Morgan fingerprint density at radius 2 is 1.75 bits per heavy atom. The van der Waals surface area contributed by atoms with Crippen LogP contribution in [0.1, 0.15) is 82.9 Å². The molecule has 0 radical (unpaired) electrons. The lowest BCUT2D eigenvalue weighted by Crippen LogP contribution is -2.39. The van der Waals surface area contributed by atoms with E-state index in [2.05, 4.69) is 20.2 Å². The molecule has 0 aromatic carbocycles. The van der Waals surface area contributed by atoms with Crippen molar-refractivity contribution < 1.29 is 9.59 Å². The third-order valence-corrected chi connectivity index (χ3v) is 6.11. The van der Waals surface area contributed by atoms with Gasteiger partial charge in [-0.05, 0) is 44.6 Å². The second-order valence-corrected chi connectivity index (χ2v) is 8.24. The van der Waals surface area contributed by atoms with Crippen LogP contribution in [0.15, 0.2) is 12.3 Å². The van der Waals surface area contributed by atoms with Crippen LogP contribution >= 0.6 is 0 Å². The minimum atomic E-state index is -0.0284. The predicted molar refractivity (Wildman–Crippen MR) is 102 cm³/mol. The van der Waals surface area contributed by atoms with Crippen LogP contribution in [0, 0.1) is 0 Å². The van der Waals surface area contributed by atoms with Gasteiger partial charge in [-0.1, -0.05) is 0 Å². The number of aromatic nitrogens is 4. The molecule has 4 heterocycles. The molecule has 2 aromatic heterocycles.